The van der Waals surface area contributed by atoms with Gasteiger partial charge >= 0.3 is 0 Å². The molecule has 0 radical (unpaired) electrons. The van der Waals surface area contributed by atoms with Gasteiger partial charge < -0.3 is 15.4 Å². The summed E-state index contributed by atoms with van der Waals surface area (Å²) >= 11 is 7.68. The topological polar surface area (TPSA) is 80.3 Å². The Balaban J connectivity index is 1.23. The molecule has 8 heteroatoms. The molecule has 2 aromatic carbocycles. The lowest BCUT2D eigenvalue weighted by Crippen LogP contribution is -2.29. The number of fused-ring (bicyclic) bond motifs is 1. The minimum absolute atomic E-state index is 0.0398. The summed E-state index contributed by atoms with van der Waals surface area (Å²) < 4.78 is 5.72. The van der Waals surface area contributed by atoms with Crippen LogP contribution in [0.25, 0.3) is 10.6 Å². The summed E-state index contributed by atoms with van der Waals surface area (Å²) in [5.74, 6) is 0.656. The number of thiazole rings is 1. The maximum absolute atomic E-state index is 12.2. The zero-order valence-corrected chi connectivity index (χ0v) is 17.7. The monoisotopic (exact) mass is 441 g/mol. The molecule has 1 aliphatic rings. The van der Waals surface area contributed by atoms with Crippen LogP contribution in [-0.2, 0) is 22.4 Å². The number of hydrogen-bond acceptors (Lipinski definition) is 5. The van der Waals surface area contributed by atoms with Crippen molar-refractivity contribution in [3.8, 4) is 16.3 Å². The fourth-order valence-electron chi connectivity index (χ4n) is 3.18. The highest BCUT2D eigenvalue weighted by Gasteiger charge is 2.15. The molecule has 0 unspecified atom stereocenters. The first kappa shape index (κ1) is 20.4. The summed E-state index contributed by atoms with van der Waals surface area (Å²) in [7, 11) is 0. The Kier molecular flexibility index (Phi) is 6.30. The largest absolute Gasteiger partial charge is 0.492 e. The van der Waals surface area contributed by atoms with Gasteiger partial charge in [0.2, 0.25) is 11.8 Å². The normalized spacial score (nSPS) is 12.8. The van der Waals surface area contributed by atoms with Crippen LogP contribution < -0.4 is 15.4 Å². The number of carbonyl (C=O) groups is 2. The van der Waals surface area contributed by atoms with Gasteiger partial charge in [-0.05, 0) is 36.2 Å². The fourth-order valence-corrected chi connectivity index (χ4v) is 4.32. The Bertz CT molecular complexity index is 1080. The average Bonchev–Trinajstić information content (AvgIpc) is 3.19. The van der Waals surface area contributed by atoms with Crippen molar-refractivity contribution in [1.82, 2.24) is 10.3 Å². The lowest BCUT2D eigenvalue weighted by Gasteiger charge is -2.17. The van der Waals surface area contributed by atoms with Gasteiger partial charge in [-0.1, -0.05) is 29.8 Å². The molecule has 0 fully saturated rings. The second-order valence-corrected chi connectivity index (χ2v) is 8.13. The number of nitrogens with zero attached hydrogens (tertiary/aromatic N) is 1. The van der Waals surface area contributed by atoms with E-state index in [1.165, 1.54) is 11.3 Å². The van der Waals surface area contributed by atoms with Crippen molar-refractivity contribution in [3.05, 3.63) is 64.1 Å². The van der Waals surface area contributed by atoms with E-state index in [0.29, 0.717) is 36.7 Å². The molecule has 30 heavy (non-hydrogen) atoms. The molecule has 4 rings (SSSR count). The standard InChI is InChI=1S/C22H20ClN3O3S/c23-18-4-2-1-3-17(18)22-25-15(13-30-22)12-21(28)24-9-10-29-16-6-7-19-14(11-16)5-8-20(27)26-19/h1-4,6-7,11,13H,5,8-10,12H2,(H,24,28)(H,26,27). The molecule has 2 amide bonds. The molecule has 0 aliphatic carbocycles. The highest BCUT2D eigenvalue weighted by Crippen LogP contribution is 2.30. The smallest absolute Gasteiger partial charge is 0.226 e. The first-order valence-corrected chi connectivity index (χ1v) is 10.9. The number of aryl methyl sites for hydroxylation is 1. The van der Waals surface area contributed by atoms with E-state index in [1.807, 2.05) is 47.8 Å². The first-order chi connectivity index (χ1) is 14.6. The van der Waals surface area contributed by atoms with Crippen molar-refractivity contribution in [2.24, 2.45) is 0 Å². The maximum Gasteiger partial charge on any atom is 0.226 e. The highest BCUT2D eigenvalue weighted by atomic mass is 35.5. The molecule has 2 heterocycles. The third-order valence-corrected chi connectivity index (χ3v) is 5.92. The Morgan fingerprint density at radius 1 is 1.23 bits per heavy atom. The number of amides is 2. The molecule has 0 bridgehead atoms. The minimum atomic E-state index is -0.109. The number of aromatic nitrogens is 1. The Hall–Kier alpha value is -2.90. The van der Waals surface area contributed by atoms with E-state index in [2.05, 4.69) is 15.6 Å². The van der Waals surface area contributed by atoms with Gasteiger partial charge in [0.25, 0.3) is 0 Å². The number of nitrogens with one attached hydrogen (secondary N) is 2. The number of benzene rings is 2. The molecule has 0 saturated heterocycles. The molecule has 6 nitrogen and oxygen atoms in total. The van der Waals surface area contributed by atoms with E-state index in [4.69, 9.17) is 16.3 Å². The number of anilines is 1. The SMILES string of the molecule is O=C(Cc1csc(-c2ccccc2Cl)n1)NCCOc1ccc2c(c1)CCC(=O)N2. The summed E-state index contributed by atoms with van der Waals surface area (Å²) in [6.07, 6.45) is 1.40. The Morgan fingerprint density at radius 2 is 2.10 bits per heavy atom. The van der Waals surface area contributed by atoms with Gasteiger partial charge in [-0.3, -0.25) is 9.59 Å². The van der Waals surface area contributed by atoms with E-state index in [0.717, 1.165) is 27.6 Å². The zero-order valence-electron chi connectivity index (χ0n) is 16.1. The van der Waals surface area contributed by atoms with Crippen LogP contribution in [0.3, 0.4) is 0 Å². The van der Waals surface area contributed by atoms with Gasteiger partial charge in [-0.25, -0.2) is 4.98 Å². The van der Waals surface area contributed by atoms with Crippen LogP contribution in [-0.4, -0.2) is 29.9 Å². The maximum atomic E-state index is 12.2. The van der Waals surface area contributed by atoms with Gasteiger partial charge in [-0.15, -0.1) is 11.3 Å². The van der Waals surface area contributed by atoms with Crippen molar-refractivity contribution < 1.29 is 14.3 Å². The van der Waals surface area contributed by atoms with E-state index < -0.39 is 0 Å². The van der Waals surface area contributed by atoms with E-state index in [9.17, 15) is 9.59 Å². The van der Waals surface area contributed by atoms with Crippen LogP contribution in [0.2, 0.25) is 5.02 Å². The summed E-state index contributed by atoms with van der Waals surface area (Å²) in [6.45, 7) is 0.757. The number of rotatable bonds is 7. The van der Waals surface area contributed by atoms with Crippen LogP contribution in [0.4, 0.5) is 5.69 Å². The van der Waals surface area contributed by atoms with Gasteiger partial charge in [0.1, 0.15) is 17.4 Å². The predicted molar refractivity (Wildman–Crippen MR) is 118 cm³/mol. The van der Waals surface area contributed by atoms with Crippen molar-refractivity contribution in [2.75, 3.05) is 18.5 Å². The highest BCUT2D eigenvalue weighted by molar-refractivity contribution is 7.13. The van der Waals surface area contributed by atoms with Crippen molar-refractivity contribution in [1.29, 1.82) is 0 Å². The van der Waals surface area contributed by atoms with Crippen LogP contribution >= 0.6 is 22.9 Å². The van der Waals surface area contributed by atoms with Crippen LogP contribution in [0.15, 0.2) is 47.8 Å². The molecule has 0 spiro atoms. The molecule has 1 aliphatic heterocycles. The second-order valence-electron chi connectivity index (χ2n) is 6.87. The summed E-state index contributed by atoms with van der Waals surface area (Å²) in [5, 5.41) is 9.01. The van der Waals surface area contributed by atoms with Crippen molar-refractivity contribution in [2.45, 2.75) is 19.3 Å². The predicted octanol–water partition coefficient (Wildman–Crippen LogP) is 4.09. The Morgan fingerprint density at radius 3 is 2.97 bits per heavy atom. The molecule has 2 N–H and O–H groups in total. The van der Waals surface area contributed by atoms with E-state index in [-0.39, 0.29) is 18.2 Å². The van der Waals surface area contributed by atoms with Crippen molar-refractivity contribution >= 4 is 40.4 Å². The number of ether oxygens (including phenoxy) is 1. The van der Waals surface area contributed by atoms with Gasteiger partial charge in [0.05, 0.1) is 23.7 Å². The third-order valence-electron chi connectivity index (χ3n) is 4.66. The van der Waals surface area contributed by atoms with Crippen LogP contribution in [0.5, 0.6) is 5.75 Å². The zero-order chi connectivity index (χ0) is 20.9. The molecule has 3 aromatic rings. The summed E-state index contributed by atoms with van der Waals surface area (Å²) in [4.78, 5) is 28.1. The molecule has 1 aromatic heterocycles. The molecular formula is C22H20ClN3O3S. The lowest BCUT2D eigenvalue weighted by molar-refractivity contribution is -0.120. The van der Waals surface area contributed by atoms with Crippen LogP contribution in [0, 0.1) is 0 Å². The van der Waals surface area contributed by atoms with E-state index >= 15 is 0 Å². The van der Waals surface area contributed by atoms with Crippen molar-refractivity contribution in [3.63, 3.8) is 0 Å². The van der Waals surface area contributed by atoms with Gasteiger partial charge in [0, 0.05) is 23.1 Å². The third kappa shape index (κ3) is 4.98. The summed E-state index contributed by atoms with van der Waals surface area (Å²) in [6, 6.07) is 13.1. The van der Waals surface area contributed by atoms with Crippen LogP contribution in [0.1, 0.15) is 17.7 Å². The average molecular weight is 442 g/mol. The number of halogens is 1. The Labute approximate surface area is 183 Å². The minimum Gasteiger partial charge on any atom is -0.492 e. The lowest BCUT2D eigenvalue weighted by atomic mass is 10.0. The quantitative estimate of drug-likeness (QED) is 0.541. The first-order valence-electron chi connectivity index (χ1n) is 9.60. The fraction of sp³-hybridized carbons (Fsp3) is 0.227. The summed E-state index contributed by atoms with van der Waals surface area (Å²) in [5.41, 5.74) is 3.49. The van der Waals surface area contributed by atoms with Gasteiger partial charge in [0.15, 0.2) is 0 Å². The number of hydrogen-bond donors (Lipinski definition) is 2. The van der Waals surface area contributed by atoms with E-state index in [1.54, 1.807) is 0 Å². The molecule has 0 atom stereocenters. The molecule has 0 saturated carbocycles. The number of carbonyl (C=O) groups excluding carboxylic acids is 2. The molecule has 154 valence electrons. The van der Waals surface area contributed by atoms with Gasteiger partial charge in [-0.2, -0.15) is 0 Å². The second kappa shape index (κ2) is 9.28. The molecular weight excluding hydrogens is 422 g/mol.